The first-order valence-corrected chi connectivity index (χ1v) is 8.88. The summed E-state index contributed by atoms with van der Waals surface area (Å²) in [6, 6.07) is 8.99. The van der Waals surface area contributed by atoms with E-state index >= 15 is 0 Å². The molecule has 3 atom stereocenters. The highest BCUT2D eigenvalue weighted by molar-refractivity contribution is 5.89. The Morgan fingerprint density at radius 2 is 1.79 bits per heavy atom. The lowest BCUT2D eigenvalue weighted by Crippen LogP contribution is -2.43. The van der Waals surface area contributed by atoms with Gasteiger partial charge in [-0.1, -0.05) is 44.2 Å². The number of amides is 2. The number of fused-ring (bicyclic) bond motifs is 1. The zero-order chi connectivity index (χ0) is 17.1. The van der Waals surface area contributed by atoms with E-state index in [-0.39, 0.29) is 17.7 Å². The predicted molar refractivity (Wildman–Crippen MR) is 93.2 cm³/mol. The van der Waals surface area contributed by atoms with Crippen LogP contribution in [0.5, 0.6) is 0 Å². The minimum Gasteiger partial charge on any atom is -0.341 e. The molecule has 0 saturated carbocycles. The van der Waals surface area contributed by atoms with Crippen LogP contribution in [0.25, 0.3) is 0 Å². The van der Waals surface area contributed by atoms with Crippen molar-refractivity contribution >= 4 is 11.8 Å². The lowest BCUT2D eigenvalue weighted by atomic mass is 10.0. The van der Waals surface area contributed by atoms with Gasteiger partial charge in [0.2, 0.25) is 11.8 Å². The van der Waals surface area contributed by atoms with E-state index < -0.39 is 6.04 Å². The molecule has 1 aromatic rings. The van der Waals surface area contributed by atoms with Crippen molar-refractivity contribution in [3.05, 3.63) is 35.9 Å². The number of likely N-dealkylation sites (tertiary alicyclic amines) is 1. The molecule has 2 aliphatic heterocycles. The molecule has 2 saturated heterocycles. The van der Waals surface area contributed by atoms with Crippen molar-refractivity contribution in [1.82, 2.24) is 15.5 Å². The van der Waals surface area contributed by atoms with Crippen molar-refractivity contribution < 1.29 is 9.59 Å². The molecule has 2 N–H and O–H groups in total. The Labute approximate surface area is 143 Å². The average molecular weight is 329 g/mol. The lowest BCUT2D eigenvalue weighted by molar-refractivity contribution is -0.136. The molecule has 1 unspecified atom stereocenters. The van der Waals surface area contributed by atoms with Crippen molar-refractivity contribution in [3.63, 3.8) is 0 Å². The standard InChI is InChI=1S/C19H27N3O2/c1-13(2)8-17(23)21-18(14-6-4-3-5-7-14)19(24)22-11-15-9-20-10-16(15)12-22/h3-7,13,15-16,18,20H,8-12H2,1-2H3,(H,21,23)/t15-,16+,18?. The van der Waals surface area contributed by atoms with Crippen LogP contribution in [0.2, 0.25) is 0 Å². The van der Waals surface area contributed by atoms with Crippen LogP contribution in [-0.4, -0.2) is 42.9 Å². The molecule has 0 radical (unpaired) electrons. The third-order valence-corrected chi connectivity index (χ3v) is 4.98. The van der Waals surface area contributed by atoms with Crippen molar-refractivity contribution in [3.8, 4) is 0 Å². The number of hydrogen-bond acceptors (Lipinski definition) is 3. The molecule has 0 aliphatic carbocycles. The van der Waals surface area contributed by atoms with Gasteiger partial charge in [0.1, 0.15) is 6.04 Å². The molecular formula is C19H27N3O2. The summed E-state index contributed by atoms with van der Waals surface area (Å²) in [7, 11) is 0. The molecule has 2 amide bonds. The minimum atomic E-state index is -0.579. The summed E-state index contributed by atoms with van der Waals surface area (Å²) >= 11 is 0. The maximum Gasteiger partial charge on any atom is 0.249 e. The number of carbonyl (C=O) groups excluding carboxylic acids is 2. The molecule has 2 heterocycles. The van der Waals surface area contributed by atoms with Crippen molar-refractivity contribution in [1.29, 1.82) is 0 Å². The number of rotatable bonds is 5. The molecule has 0 bridgehead atoms. The first kappa shape index (κ1) is 17.0. The molecular weight excluding hydrogens is 302 g/mol. The Hall–Kier alpha value is -1.88. The average Bonchev–Trinajstić information content (AvgIpc) is 3.13. The van der Waals surface area contributed by atoms with Crippen LogP contribution in [0.3, 0.4) is 0 Å². The van der Waals surface area contributed by atoms with Crippen LogP contribution in [0.4, 0.5) is 0 Å². The Bertz CT molecular complexity index is 576. The monoisotopic (exact) mass is 329 g/mol. The van der Waals surface area contributed by atoms with E-state index in [9.17, 15) is 9.59 Å². The molecule has 2 fully saturated rings. The molecule has 3 rings (SSSR count). The van der Waals surface area contributed by atoms with Gasteiger partial charge in [-0.05, 0) is 23.3 Å². The summed E-state index contributed by atoms with van der Waals surface area (Å²) in [5, 5.41) is 6.35. The summed E-state index contributed by atoms with van der Waals surface area (Å²) in [4.78, 5) is 27.3. The van der Waals surface area contributed by atoms with E-state index in [1.165, 1.54) is 0 Å². The maximum atomic E-state index is 13.1. The van der Waals surface area contributed by atoms with Gasteiger partial charge in [0.05, 0.1) is 0 Å². The van der Waals surface area contributed by atoms with Gasteiger partial charge in [-0.15, -0.1) is 0 Å². The second-order valence-corrected chi connectivity index (χ2v) is 7.43. The molecule has 2 aliphatic rings. The molecule has 5 nitrogen and oxygen atoms in total. The number of carbonyl (C=O) groups is 2. The fourth-order valence-electron chi connectivity index (χ4n) is 3.74. The largest absolute Gasteiger partial charge is 0.341 e. The van der Waals surface area contributed by atoms with E-state index in [1.54, 1.807) is 0 Å². The number of nitrogens with one attached hydrogen (secondary N) is 2. The van der Waals surface area contributed by atoms with Crippen LogP contribution < -0.4 is 10.6 Å². The van der Waals surface area contributed by atoms with Crippen LogP contribution >= 0.6 is 0 Å². The third kappa shape index (κ3) is 3.78. The van der Waals surface area contributed by atoms with Gasteiger partial charge in [0.25, 0.3) is 0 Å². The van der Waals surface area contributed by atoms with Gasteiger partial charge < -0.3 is 15.5 Å². The first-order chi connectivity index (χ1) is 11.5. The van der Waals surface area contributed by atoms with Gasteiger partial charge >= 0.3 is 0 Å². The minimum absolute atomic E-state index is 0.0210. The molecule has 5 heteroatoms. The normalized spacial score (nSPS) is 24.0. The fourth-order valence-corrected chi connectivity index (χ4v) is 3.74. The van der Waals surface area contributed by atoms with Gasteiger partial charge in [-0.3, -0.25) is 9.59 Å². The Kier molecular flexibility index (Phi) is 5.19. The zero-order valence-corrected chi connectivity index (χ0v) is 14.5. The molecule has 130 valence electrons. The van der Waals surface area contributed by atoms with Crippen LogP contribution in [0.1, 0.15) is 31.9 Å². The highest BCUT2D eigenvalue weighted by Crippen LogP contribution is 2.28. The van der Waals surface area contributed by atoms with Crippen molar-refractivity contribution in [2.75, 3.05) is 26.2 Å². The lowest BCUT2D eigenvalue weighted by Gasteiger charge is -2.25. The van der Waals surface area contributed by atoms with E-state index in [1.807, 2.05) is 49.1 Å². The van der Waals surface area contributed by atoms with E-state index in [4.69, 9.17) is 0 Å². The second kappa shape index (κ2) is 7.34. The Morgan fingerprint density at radius 1 is 1.17 bits per heavy atom. The molecule has 1 aromatic carbocycles. The summed E-state index contributed by atoms with van der Waals surface area (Å²) in [6.07, 6.45) is 0.436. The number of benzene rings is 1. The van der Waals surface area contributed by atoms with Crippen molar-refractivity contribution in [2.24, 2.45) is 17.8 Å². The van der Waals surface area contributed by atoms with Crippen LogP contribution in [0, 0.1) is 17.8 Å². The van der Waals surface area contributed by atoms with Crippen LogP contribution in [-0.2, 0) is 9.59 Å². The Balaban J connectivity index is 1.74. The Morgan fingerprint density at radius 3 is 2.38 bits per heavy atom. The number of hydrogen-bond donors (Lipinski definition) is 2. The summed E-state index contributed by atoms with van der Waals surface area (Å²) < 4.78 is 0. The highest BCUT2D eigenvalue weighted by Gasteiger charge is 2.40. The van der Waals surface area contributed by atoms with Gasteiger partial charge in [0, 0.05) is 32.6 Å². The molecule has 0 aromatic heterocycles. The van der Waals surface area contributed by atoms with Crippen molar-refractivity contribution in [2.45, 2.75) is 26.3 Å². The summed E-state index contributed by atoms with van der Waals surface area (Å²) in [5.41, 5.74) is 0.856. The highest BCUT2D eigenvalue weighted by atomic mass is 16.2. The zero-order valence-electron chi connectivity index (χ0n) is 14.5. The van der Waals surface area contributed by atoms with E-state index in [2.05, 4.69) is 10.6 Å². The van der Waals surface area contributed by atoms with Gasteiger partial charge in [-0.2, -0.15) is 0 Å². The number of nitrogens with zero attached hydrogens (tertiary/aromatic N) is 1. The predicted octanol–water partition coefficient (Wildman–Crippen LogP) is 1.57. The summed E-state index contributed by atoms with van der Waals surface area (Å²) in [5.74, 6) is 1.34. The van der Waals surface area contributed by atoms with Gasteiger partial charge in [-0.25, -0.2) is 0 Å². The van der Waals surface area contributed by atoms with E-state index in [0.29, 0.717) is 18.3 Å². The fraction of sp³-hybridized carbons (Fsp3) is 0.579. The topological polar surface area (TPSA) is 61.4 Å². The molecule has 0 spiro atoms. The first-order valence-electron chi connectivity index (χ1n) is 8.88. The third-order valence-electron chi connectivity index (χ3n) is 4.98. The second-order valence-electron chi connectivity index (χ2n) is 7.43. The quantitative estimate of drug-likeness (QED) is 0.862. The van der Waals surface area contributed by atoms with Gasteiger partial charge in [0.15, 0.2) is 0 Å². The summed E-state index contributed by atoms with van der Waals surface area (Å²) in [6.45, 7) is 7.58. The maximum absolute atomic E-state index is 13.1. The van der Waals surface area contributed by atoms with Crippen LogP contribution in [0.15, 0.2) is 30.3 Å². The molecule has 24 heavy (non-hydrogen) atoms. The SMILES string of the molecule is CC(C)CC(=O)NC(C(=O)N1C[C@H]2CNC[C@H]2C1)c1ccccc1. The smallest absolute Gasteiger partial charge is 0.249 e. The van der Waals surface area contributed by atoms with E-state index in [0.717, 1.165) is 31.7 Å².